The van der Waals surface area contributed by atoms with E-state index in [-0.39, 0.29) is 0 Å². The van der Waals surface area contributed by atoms with Gasteiger partial charge in [-0.25, -0.2) is 0 Å². The summed E-state index contributed by atoms with van der Waals surface area (Å²) in [6, 6.07) is 4.65. The number of nitrogens with zero attached hydrogens (tertiary/aromatic N) is 1. The zero-order chi connectivity index (χ0) is 21.7. The minimum Gasteiger partial charge on any atom is -0.261 e. The average molecular weight is 426 g/mol. The van der Waals surface area contributed by atoms with Crippen LogP contribution in [0.15, 0.2) is 18.3 Å². The van der Waals surface area contributed by atoms with Crippen molar-refractivity contribution in [1.82, 2.24) is 4.98 Å². The second kappa shape index (κ2) is 14.3. The Kier molecular flexibility index (Phi) is 11.5. The van der Waals surface area contributed by atoms with Gasteiger partial charge < -0.3 is 0 Å². The van der Waals surface area contributed by atoms with E-state index in [1.165, 1.54) is 133 Å². The topological polar surface area (TPSA) is 12.9 Å². The van der Waals surface area contributed by atoms with Gasteiger partial charge in [-0.05, 0) is 61.0 Å². The van der Waals surface area contributed by atoms with Crippen molar-refractivity contribution >= 4 is 0 Å². The summed E-state index contributed by atoms with van der Waals surface area (Å²) >= 11 is 0. The van der Waals surface area contributed by atoms with Crippen LogP contribution in [0.5, 0.6) is 0 Å². The molecule has 0 radical (unpaired) electrons. The van der Waals surface area contributed by atoms with Crippen molar-refractivity contribution in [1.29, 1.82) is 0 Å². The van der Waals surface area contributed by atoms with Gasteiger partial charge in [0.25, 0.3) is 0 Å². The minimum absolute atomic E-state index is 0.955. The third kappa shape index (κ3) is 9.27. The number of aromatic nitrogens is 1. The van der Waals surface area contributed by atoms with E-state index in [9.17, 15) is 0 Å². The van der Waals surface area contributed by atoms with Gasteiger partial charge >= 0.3 is 0 Å². The molecule has 0 unspecified atom stereocenters. The Hall–Kier alpha value is -0.850. The standard InChI is InChI=1S/C30H51N/c1-3-5-6-7-8-9-29-21-23-30(31-24-29)22-20-28-18-16-27(17-19-28)15-14-26-12-10-25(4-2)11-13-26/h21,23-28H,3-20,22H2,1-2H3. The van der Waals surface area contributed by atoms with Gasteiger partial charge in [0.2, 0.25) is 0 Å². The first-order valence-electron chi connectivity index (χ1n) is 14.2. The van der Waals surface area contributed by atoms with E-state index < -0.39 is 0 Å². The molecule has 1 heteroatoms. The number of rotatable bonds is 13. The molecule has 31 heavy (non-hydrogen) atoms. The van der Waals surface area contributed by atoms with Gasteiger partial charge in [-0.2, -0.15) is 0 Å². The van der Waals surface area contributed by atoms with Crippen molar-refractivity contribution < 1.29 is 0 Å². The number of unbranched alkanes of at least 4 members (excludes halogenated alkanes) is 4. The lowest BCUT2D eigenvalue weighted by molar-refractivity contribution is 0.211. The summed E-state index contributed by atoms with van der Waals surface area (Å²) in [4.78, 5) is 4.79. The van der Waals surface area contributed by atoms with E-state index in [1.54, 1.807) is 0 Å². The second-order valence-corrected chi connectivity index (χ2v) is 11.1. The summed E-state index contributed by atoms with van der Waals surface area (Å²) in [6.07, 6.45) is 29.2. The average Bonchev–Trinajstić information content (AvgIpc) is 2.83. The Labute approximate surface area is 194 Å². The Morgan fingerprint density at radius 2 is 1.23 bits per heavy atom. The first kappa shape index (κ1) is 24.8. The van der Waals surface area contributed by atoms with Crippen LogP contribution in [0, 0.1) is 23.7 Å². The molecule has 176 valence electrons. The first-order chi connectivity index (χ1) is 15.3. The molecule has 1 nitrogen and oxygen atoms in total. The number of hydrogen-bond donors (Lipinski definition) is 0. The molecule has 2 fully saturated rings. The molecule has 0 bridgehead atoms. The van der Waals surface area contributed by atoms with Crippen LogP contribution in [-0.4, -0.2) is 4.98 Å². The van der Waals surface area contributed by atoms with Gasteiger partial charge in [-0.3, -0.25) is 4.98 Å². The van der Waals surface area contributed by atoms with Gasteiger partial charge in [-0.15, -0.1) is 0 Å². The van der Waals surface area contributed by atoms with Crippen LogP contribution in [0.4, 0.5) is 0 Å². The molecule has 0 amide bonds. The molecule has 3 rings (SSSR count). The summed E-state index contributed by atoms with van der Waals surface area (Å²) < 4.78 is 0. The fraction of sp³-hybridized carbons (Fsp3) is 0.833. The molecule has 0 N–H and O–H groups in total. The van der Waals surface area contributed by atoms with Crippen LogP contribution >= 0.6 is 0 Å². The molecule has 0 spiro atoms. The first-order valence-corrected chi connectivity index (χ1v) is 14.2. The molecule has 1 aromatic heterocycles. The summed E-state index contributed by atoms with van der Waals surface area (Å²) in [5, 5.41) is 0. The van der Waals surface area contributed by atoms with Gasteiger partial charge in [0.1, 0.15) is 0 Å². The van der Waals surface area contributed by atoms with Crippen molar-refractivity contribution in [3.8, 4) is 0 Å². The second-order valence-electron chi connectivity index (χ2n) is 11.1. The molecule has 0 saturated heterocycles. The van der Waals surface area contributed by atoms with Crippen LogP contribution in [0.3, 0.4) is 0 Å². The Bertz CT molecular complexity index is 561. The van der Waals surface area contributed by atoms with E-state index in [0.717, 1.165) is 23.7 Å². The maximum absolute atomic E-state index is 4.79. The van der Waals surface area contributed by atoms with Crippen molar-refractivity contribution in [2.75, 3.05) is 0 Å². The number of aryl methyl sites for hydroxylation is 2. The highest BCUT2D eigenvalue weighted by Gasteiger charge is 2.24. The zero-order valence-corrected chi connectivity index (χ0v) is 20.9. The van der Waals surface area contributed by atoms with Gasteiger partial charge in [-0.1, -0.05) is 116 Å². The third-order valence-corrected chi connectivity index (χ3v) is 8.76. The summed E-state index contributed by atoms with van der Waals surface area (Å²) in [6.45, 7) is 4.67. The molecule has 0 aliphatic heterocycles. The highest BCUT2D eigenvalue weighted by atomic mass is 14.7. The molecule has 2 saturated carbocycles. The molecule has 1 aromatic rings. The monoisotopic (exact) mass is 425 g/mol. The van der Waals surface area contributed by atoms with Crippen molar-refractivity contribution in [3.05, 3.63) is 29.6 Å². The van der Waals surface area contributed by atoms with E-state index in [1.807, 2.05) is 0 Å². The molecule has 1 heterocycles. The summed E-state index contributed by atoms with van der Waals surface area (Å²) in [5.74, 6) is 4.10. The summed E-state index contributed by atoms with van der Waals surface area (Å²) in [7, 11) is 0. The van der Waals surface area contributed by atoms with Crippen molar-refractivity contribution in [3.63, 3.8) is 0 Å². The van der Waals surface area contributed by atoms with E-state index >= 15 is 0 Å². The minimum atomic E-state index is 0.955. The highest BCUT2D eigenvalue weighted by molar-refractivity contribution is 5.14. The maximum atomic E-state index is 4.79. The molecular formula is C30H51N. The van der Waals surface area contributed by atoms with Crippen molar-refractivity contribution in [2.45, 2.75) is 136 Å². The van der Waals surface area contributed by atoms with Crippen LogP contribution in [0.25, 0.3) is 0 Å². The van der Waals surface area contributed by atoms with E-state index in [0.29, 0.717) is 0 Å². The van der Waals surface area contributed by atoms with Gasteiger partial charge in [0.15, 0.2) is 0 Å². The number of hydrogen-bond acceptors (Lipinski definition) is 1. The summed E-state index contributed by atoms with van der Waals surface area (Å²) in [5.41, 5.74) is 2.75. The maximum Gasteiger partial charge on any atom is 0.0403 e. The molecular weight excluding hydrogens is 374 g/mol. The fourth-order valence-electron chi connectivity index (χ4n) is 6.24. The van der Waals surface area contributed by atoms with Crippen molar-refractivity contribution in [2.24, 2.45) is 23.7 Å². The fourth-order valence-corrected chi connectivity index (χ4v) is 6.24. The Morgan fingerprint density at radius 3 is 1.77 bits per heavy atom. The quantitative estimate of drug-likeness (QED) is 0.287. The van der Waals surface area contributed by atoms with Crippen LogP contribution in [0.2, 0.25) is 0 Å². The van der Waals surface area contributed by atoms with Gasteiger partial charge in [0.05, 0.1) is 0 Å². The van der Waals surface area contributed by atoms with Crippen LogP contribution in [0.1, 0.15) is 134 Å². The Morgan fingerprint density at radius 1 is 0.645 bits per heavy atom. The molecule has 0 aromatic carbocycles. The van der Waals surface area contributed by atoms with E-state index in [4.69, 9.17) is 4.98 Å². The lowest BCUT2D eigenvalue weighted by atomic mass is 9.74. The largest absolute Gasteiger partial charge is 0.261 e. The van der Waals surface area contributed by atoms with E-state index in [2.05, 4.69) is 32.2 Å². The molecule has 2 aliphatic rings. The lowest BCUT2D eigenvalue weighted by Gasteiger charge is -2.31. The number of pyridine rings is 1. The highest BCUT2D eigenvalue weighted by Crippen LogP contribution is 2.38. The molecule has 2 aliphatic carbocycles. The SMILES string of the molecule is CCCCCCCc1ccc(CCC2CCC(CCC3CCC(CC)CC3)CC2)nc1. The predicted molar refractivity (Wildman–Crippen MR) is 135 cm³/mol. The zero-order valence-electron chi connectivity index (χ0n) is 20.9. The lowest BCUT2D eigenvalue weighted by Crippen LogP contribution is -2.18. The van der Waals surface area contributed by atoms with Crippen LogP contribution < -0.4 is 0 Å². The Balaban J connectivity index is 1.25. The normalized spacial score (nSPS) is 26.8. The molecule has 0 atom stereocenters. The third-order valence-electron chi connectivity index (χ3n) is 8.76. The predicted octanol–water partition coefficient (Wildman–Crippen LogP) is 9.33. The smallest absolute Gasteiger partial charge is 0.0403 e. The van der Waals surface area contributed by atoms with Gasteiger partial charge in [0, 0.05) is 11.9 Å². The van der Waals surface area contributed by atoms with Crippen LogP contribution in [-0.2, 0) is 12.8 Å².